The molecule has 2 heterocycles. The van der Waals surface area contributed by atoms with E-state index in [1.807, 2.05) is 6.20 Å². The summed E-state index contributed by atoms with van der Waals surface area (Å²) in [6, 6.07) is 1.95. The Morgan fingerprint density at radius 2 is 2.06 bits per heavy atom. The molecule has 0 amide bonds. The van der Waals surface area contributed by atoms with Gasteiger partial charge in [0.1, 0.15) is 5.01 Å². The second-order valence-electron chi connectivity index (χ2n) is 3.46. The van der Waals surface area contributed by atoms with Crippen molar-refractivity contribution in [1.82, 2.24) is 15.0 Å². The van der Waals surface area contributed by atoms with Crippen molar-refractivity contribution in [2.24, 2.45) is 0 Å². The summed E-state index contributed by atoms with van der Waals surface area (Å²) < 4.78 is 0. The minimum Gasteiger partial charge on any atom is -0.345 e. The van der Waals surface area contributed by atoms with Crippen molar-refractivity contribution >= 4 is 17.3 Å². The summed E-state index contributed by atoms with van der Waals surface area (Å²) in [6.07, 6.45) is 6.42. The Bertz CT molecular complexity index is 440. The van der Waals surface area contributed by atoms with Crippen LogP contribution >= 0.6 is 11.3 Å². The molecule has 1 atom stereocenters. The van der Waals surface area contributed by atoms with Crippen molar-refractivity contribution < 1.29 is 0 Å². The molecule has 0 aromatic carbocycles. The summed E-state index contributed by atoms with van der Waals surface area (Å²) in [5, 5.41) is 4.29. The molecular formula is C11H14N4S. The predicted octanol–water partition coefficient (Wildman–Crippen LogP) is 2.67. The molecule has 2 rings (SSSR count). The van der Waals surface area contributed by atoms with Crippen LogP contribution in [0.3, 0.4) is 0 Å². The van der Waals surface area contributed by atoms with Gasteiger partial charge in [-0.1, -0.05) is 6.92 Å². The zero-order valence-corrected chi connectivity index (χ0v) is 10.2. The lowest BCUT2D eigenvalue weighted by atomic mass is 10.3. The molecule has 0 bridgehead atoms. The van der Waals surface area contributed by atoms with Crippen LogP contribution in [-0.4, -0.2) is 15.0 Å². The van der Waals surface area contributed by atoms with Crippen LogP contribution in [0.5, 0.6) is 0 Å². The lowest BCUT2D eigenvalue weighted by molar-refractivity contribution is 0.848. The molecular weight excluding hydrogens is 220 g/mol. The maximum absolute atomic E-state index is 4.38. The van der Waals surface area contributed by atoms with E-state index in [2.05, 4.69) is 34.1 Å². The van der Waals surface area contributed by atoms with Crippen LogP contribution in [0.1, 0.15) is 29.8 Å². The fraction of sp³-hybridized carbons (Fsp3) is 0.364. The lowest BCUT2D eigenvalue weighted by Crippen LogP contribution is -2.08. The van der Waals surface area contributed by atoms with Gasteiger partial charge in [0.2, 0.25) is 5.95 Å². The van der Waals surface area contributed by atoms with E-state index < -0.39 is 0 Å². The first kappa shape index (κ1) is 11.0. The molecule has 1 N–H and O–H groups in total. The molecule has 16 heavy (non-hydrogen) atoms. The molecule has 0 aliphatic heterocycles. The van der Waals surface area contributed by atoms with E-state index in [1.165, 1.54) is 4.88 Å². The Morgan fingerprint density at radius 3 is 2.69 bits per heavy atom. The smallest absolute Gasteiger partial charge is 0.223 e. The van der Waals surface area contributed by atoms with Gasteiger partial charge in [-0.05, 0) is 19.4 Å². The van der Waals surface area contributed by atoms with Gasteiger partial charge in [-0.25, -0.2) is 15.0 Å². The largest absolute Gasteiger partial charge is 0.345 e. The first-order chi connectivity index (χ1) is 7.79. The number of hydrogen-bond donors (Lipinski definition) is 1. The summed E-state index contributed by atoms with van der Waals surface area (Å²) in [5.74, 6) is 0.642. The summed E-state index contributed by atoms with van der Waals surface area (Å²) in [7, 11) is 0. The maximum atomic E-state index is 4.38. The normalized spacial score (nSPS) is 12.4. The fourth-order valence-electron chi connectivity index (χ4n) is 1.32. The van der Waals surface area contributed by atoms with E-state index in [0.29, 0.717) is 5.95 Å². The molecule has 0 aliphatic carbocycles. The minimum absolute atomic E-state index is 0.146. The minimum atomic E-state index is 0.146. The van der Waals surface area contributed by atoms with E-state index in [4.69, 9.17) is 0 Å². The second kappa shape index (κ2) is 5.03. The standard InChI is InChI=1S/C11H14N4S/c1-3-9-7-14-10(16-9)8(2)15-11-12-5-4-6-13-11/h4-8H,3H2,1-2H3,(H,12,13,15). The average molecular weight is 234 g/mol. The molecule has 0 fully saturated rings. The van der Waals surface area contributed by atoms with Crippen LogP contribution in [0.4, 0.5) is 5.95 Å². The third-order valence-corrected chi connectivity index (χ3v) is 3.53. The molecule has 0 saturated carbocycles. The number of anilines is 1. The van der Waals surface area contributed by atoms with Crippen molar-refractivity contribution in [2.45, 2.75) is 26.3 Å². The van der Waals surface area contributed by atoms with Crippen LogP contribution in [0.25, 0.3) is 0 Å². The van der Waals surface area contributed by atoms with Gasteiger partial charge in [0, 0.05) is 23.5 Å². The molecule has 0 radical (unpaired) electrons. The highest BCUT2D eigenvalue weighted by molar-refractivity contribution is 7.11. The van der Waals surface area contributed by atoms with Crippen LogP contribution in [-0.2, 0) is 6.42 Å². The van der Waals surface area contributed by atoms with Crippen molar-refractivity contribution in [3.63, 3.8) is 0 Å². The molecule has 0 saturated heterocycles. The molecule has 2 aromatic heterocycles. The lowest BCUT2D eigenvalue weighted by Gasteiger charge is -2.09. The maximum Gasteiger partial charge on any atom is 0.223 e. The van der Waals surface area contributed by atoms with Crippen LogP contribution < -0.4 is 5.32 Å². The molecule has 2 aromatic rings. The van der Waals surface area contributed by atoms with Crippen molar-refractivity contribution in [2.75, 3.05) is 5.32 Å². The van der Waals surface area contributed by atoms with E-state index in [0.717, 1.165) is 11.4 Å². The van der Waals surface area contributed by atoms with Crippen LogP contribution in [0.15, 0.2) is 24.7 Å². The number of nitrogens with one attached hydrogen (secondary N) is 1. The van der Waals surface area contributed by atoms with E-state index in [9.17, 15) is 0 Å². The third-order valence-electron chi connectivity index (χ3n) is 2.20. The number of hydrogen-bond acceptors (Lipinski definition) is 5. The number of aryl methyl sites for hydroxylation is 1. The molecule has 0 spiro atoms. The summed E-state index contributed by atoms with van der Waals surface area (Å²) in [6.45, 7) is 4.20. The monoisotopic (exact) mass is 234 g/mol. The van der Waals surface area contributed by atoms with Gasteiger partial charge in [-0.3, -0.25) is 0 Å². The average Bonchev–Trinajstić information content (AvgIpc) is 2.79. The van der Waals surface area contributed by atoms with E-state index in [-0.39, 0.29) is 6.04 Å². The highest BCUT2D eigenvalue weighted by Gasteiger charge is 2.10. The first-order valence-electron chi connectivity index (χ1n) is 5.27. The van der Waals surface area contributed by atoms with E-state index in [1.54, 1.807) is 29.8 Å². The van der Waals surface area contributed by atoms with Crippen LogP contribution in [0, 0.1) is 0 Å². The summed E-state index contributed by atoms with van der Waals surface area (Å²) in [4.78, 5) is 13.9. The number of aromatic nitrogens is 3. The number of rotatable bonds is 4. The van der Waals surface area contributed by atoms with Gasteiger partial charge in [0.15, 0.2) is 0 Å². The Kier molecular flexibility index (Phi) is 3.46. The third kappa shape index (κ3) is 2.55. The van der Waals surface area contributed by atoms with Gasteiger partial charge in [-0.15, -0.1) is 11.3 Å². The summed E-state index contributed by atoms with van der Waals surface area (Å²) in [5.41, 5.74) is 0. The molecule has 84 valence electrons. The van der Waals surface area contributed by atoms with Gasteiger partial charge in [0.25, 0.3) is 0 Å². The van der Waals surface area contributed by atoms with Crippen LogP contribution in [0.2, 0.25) is 0 Å². The van der Waals surface area contributed by atoms with Crippen molar-refractivity contribution in [1.29, 1.82) is 0 Å². The van der Waals surface area contributed by atoms with Crippen molar-refractivity contribution in [3.05, 3.63) is 34.5 Å². The van der Waals surface area contributed by atoms with Crippen molar-refractivity contribution in [3.8, 4) is 0 Å². The Morgan fingerprint density at radius 1 is 1.31 bits per heavy atom. The Labute approximate surface area is 98.8 Å². The first-order valence-corrected chi connectivity index (χ1v) is 6.09. The number of nitrogens with zero attached hydrogens (tertiary/aromatic N) is 3. The van der Waals surface area contributed by atoms with Gasteiger partial charge >= 0.3 is 0 Å². The summed E-state index contributed by atoms with van der Waals surface area (Å²) >= 11 is 1.73. The Hall–Kier alpha value is -1.49. The molecule has 5 heteroatoms. The van der Waals surface area contributed by atoms with Gasteiger partial charge in [0.05, 0.1) is 6.04 Å². The topological polar surface area (TPSA) is 50.7 Å². The fourth-order valence-corrected chi connectivity index (χ4v) is 2.17. The van der Waals surface area contributed by atoms with Gasteiger partial charge < -0.3 is 5.32 Å². The Balaban J connectivity index is 2.05. The SMILES string of the molecule is CCc1cnc(C(C)Nc2ncccn2)s1. The molecule has 1 unspecified atom stereocenters. The number of thiazole rings is 1. The van der Waals surface area contributed by atoms with Gasteiger partial charge in [-0.2, -0.15) is 0 Å². The predicted molar refractivity (Wildman–Crippen MR) is 65.6 cm³/mol. The van der Waals surface area contributed by atoms with E-state index >= 15 is 0 Å². The molecule has 0 aliphatic rings. The quantitative estimate of drug-likeness (QED) is 0.883. The zero-order valence-electron chi connectivity index (χ0n) is 9.34. The molecule has 4 nitrogen and oxygen atoms in total. The second-order valence-corrected chi connectivity index (χ2v) is 4.60. The zero-order chi connectivity index (χ0) is 11.4. The highest BCUT2D eigenvalue weighted by atomic mass is 32.1. The highest BCUT2D eigenvalue weighted by Crippen LogP contribution is 2.22.